The van der Waals surface area contributed by atoms with Crippen molar-refractivity contribution in [3.63, 3.8) is 0 Å². The van der Waals surface area contributed by atoms with E-state index in [1.807, 2.05) is 20.8 Å². The molecule has 2 unspecified atom stereocenters. The van der Waals surface area contributed by atoms with Gasteiger partial charge in [-0.3, -0.25) is 9.89 Å². The Labute approximate surface area is 126 Å². The topological polar surface area (TPSA) is 74.2 Å². The number of amidine groups is 1. The van der Waals surface area contributed by atoms with Gasteiger partial charge in [-0.05, 0) is 33.6 Å². The summed E-state index contributed by atoms with van der Waals surface area (Å²) in [7, 11) is 0. The molecule has 1 fully saturated rings. The fourth-order valence-electron chi connectivity index (χ4n) is 2.71. The average Bonchev–Trinajstić information content (AvgIpc) is 2.80. The van der Waals surface area contributed by atoms with Crippen LogP contribution in [-0.4, -0.2) is 59.8 Å². The summed E-state index contributed by atoms with van der Waals surface area (Å²) in [5, 5.41) is 13.1. The van der Waals surface area contributed by atoms with E-state index in [0.717, 1.165) is 31.6 Å². The number of aliphatic hydroxyl groups excluding tert-OH is 1. The fraction of sp³-hybridized carbons (Fsp3) is 0.867. The standard InChI is InChI=1S/C15H27N3O3/c1-15(2,3)21-14(20)18-8-7-16-13(10-18)17-9-11-5-4-6-12(11)19/h11-12,19H,4-10H2,1-3H3,(H,16,17). The first-order chi connectivity index (χ1) is 9.85. The molecule has 1 amide bonds. The smallest absolute Gasteiger partial charge is 0.410 e. The third-order valence-corrected chi connectivity index (χ3v) is 3.85. The van der Waals surface area contributed by atoms with Gasteiger partial charge in [0.2, 0.25) is 0 Å². The van der Waals surface area contributed by atoms with Gasteiger partial charge in [-0.25, -0.2) is 4.79 Å². The number of rotatable bonds is 2. The highest BCUT2D eigenvalue weighted by molar-refractivity contribution is 5.87. The van der Waals surface area contributed by atoms with Crippen molar-refractivity contribution in [3.05, 3.63) is 0 Å². The lowest BCUT2D eigenvalue weighted by molar-refractivity contribution is 0.0276. The van der Waals surface area contributed by atoms with E-state index in [2.05, 4.69) is 10.3 Å². The fourth-order valence-corrected chi connectivity index (χ4v) is 2.71. The van der Waals surface area contributed by atoms with E-state index in [0.29, 0.717) is 25.6 Å². The van der Waals surface area contributed by atoms with Crippen molar-refractivity contribution in [1.82, 2.24) is 10.2 Å². The number of hydrogen-bond donors (Lipinski definition) is 2. The summed E-state index contributed by atoms with van der Waals surface area (Å²) >= 11 is 0. The van der Waals surface area contributed by atoms with Crippen molar-refractivity contribution in [1.29, 1.82) is 0 Å². The van der Waals surface area contributed by atoms with Crippen LogP contribution in [0.5, 0.6) is 0 Å². The maximum atomic E-state index is 12.1. The van der Waals surface area contributed by atoms with Crippen LogP contribution in [0.1, 0.15) is 40.0 Å². The monoisotopic (exact) mass is 297 g/mol. The second-order valence-corrected chi connectivity index (χ2v) is 6.87. The Morgan fingerprint density at radius 2 is 2.24 bits per heavy atom. The number of carbonyl (C=O) groups is 1. The first-order valence-corrected chi connectivity index (χ1v) is 7.78. The predicted molar refractivity (Wildman–Crippen MR) is 81.5 cm³/mol. The summed E-state index contributed by atoms with van der Waals surface area (Å²) in [6.45, 7) is 7.96. The van der Waals surface area contributed by atoms with E-state index in [4.69, 9.17) is 4.74 Å². The first-order valence-electron chi connectivity index (χ1n) is 7.78. The zero-order valence-electron chi connectivity index (χ0n) is 13.3. The van der Waals surface area contributed by atoms with Gasteiger partial charge in [-0.1, -0.05) is 6.42 Å². The minimum absolute atomic E-state index is 0.205. The van der Waals surface area contributed by atoms with Crippen molar-refractivity contribution in [2.75, 3.05) is 26.2 Å². The molecule has 6 heteroatoms. The van der Waals surface area contributed by atoms with Gasteiger partial charge >= 0.3 is 6.09 Å². The third kappa shape index (κ3) is 4.88. The van der Waals surface area contributed by atoms with E-state index in [-0.39, 0.29) is 12.2 Å². The average molecular weight is 297 g/mol. The SMILES string of the molecule is CC(C)(C)OC(=O)N1CCN=C(NCC2CCCC2O)C1. The molecule has 0 radical (unpaired) electrons. The number of amides is 1. The molecule has 1 saturated carbocycles. The highest BCUT2D eigenvalue weighted by atomic mass is 16.6. The molecule has 120 valence electrons. The van der Waals surface area contributed by atoms with Gasteiger partial charge < -0.3 is 15.2 Å². The lowest BCUT2D eigenvalue weighted by Crippen LogP contribution is -2.48. The minimum Gasteiger partial charge on any atom is -0.444 e. The highest BCUT2D eigenvalue weighted by Crippen LogP contribution is 2.24. The molecule has 0 spiro atoms. The summed E-state index contributed by atoms with van der Waals surface area (Å²) in [4.78, 5) is 18.1. The molecular formula is C15H27N3O3. The summed E-state index contributed by atoms with van der Waals surface area (Å²) in [5.74, 6) is 1.11. The van der Waals surface area contributed by atoms with Gasteiger partial charge in [0, 0.05) is 19.0 Å². The number of ether oxygens (including phenoxy) is 1. The van der Waals surface area contributed by atoms with E-state index >= 15 is 0 Å². The maximum Gasteiger partial charge on any atom is 0.410 e. The summed E-state index contributed by atoms with van der Waals surface area (Å²) in [6, 6.07) is 0. The van der Waals surface area contributed by atoms with E-state index in [9.17, 15) is 9.90 Å². The van der Waals surface area contributed by atoms with Crippen LogP contribution in [0.2, 0.25) is 0 Å². The Morgan fingerprint density at radius 3 is 2.86 bits per heavy atom. The molecule has 2 aliphatic rings. The van der Waals surface area contributed by atoms with Crippen molar-refractivity contribution in [3.8, 4) is 0 Å². The largest absolute Gasteiger partial charge is 0.444 e. The normalized spacial score (nSPS) is 26.5. The van der Waals surface area contributed by atoms with Crippen molar-refractivity contribution < 1.29 is 14.6 Å². The quantitative estimate of drug-likeness (QED) is 0.807. The molecule has 2 N–H and O–H groups in total. The zero-order valence-corrected chi connectivity index (χ0v) is 13.3. The van der Waals surface area contributed by atoms with Crippen LogP contribution in [-0.2, 0) is 4.74 Å². The molecule has 1 aliphatic heterocycles. The Balaban J connectivity index is 1.80. The molecule has 1 heterocycles. The first kappa shape index (κ1) is 16.1. The number of nitrogens with one attached hydrogen (secondary N) is 1. The van der Waals surface area contributed by atoms with Crippen molar-refractivity contribution >= 4 is 11.9 Å². The molecule has 0 aromatic rings. The van der Waals surface area contributed by atoms with Crippen molar-refractivity contribution in [2.24, 2.45) is 10.9 Å². The van der Waals surface area contributed by atoms with Gasteiger partial charge in [0.15, 0.2) is 0 Å². The van der Waals surface area contributed by atoms with Crippen LogP contribution in [0.3, 0.4) is 0 Å². The molecule has 0 aromatic heterocycles. The molecule has 6 nitrogen and oxygen atoms in total. The molecule has 1 aliphatic carbocycles. The van der Waals surface area contributed by atoms with Crippen LogP contribution in [0.15, 0.2) is 4.99 Å². The summed E-state index contributed by atoms with van der Waals surface area (Å²) in [6.07, 6.45) is 2.53. The van der Waals surface area contributed by atoms with Crippen LogP contribution in [0.25, 0.3) is 0 Å². The highest BCUT2D eigenvalue weighted by Gasteiger charge is 2.27. The Morgan fingerprint density at radius 1 is 1.48 bits per heavy atom. The molecular weight excluding hydrogens is 270 g/mol. The summed E-state index contributed by atoms with van der Waals surface area (Å²) < 4.78 is 5.38. The van der Waals surface area contributed by atoms with E-state index in [1.54, 1.807) is 4.90 Å². The van der Waals surface area contributed by atoms with Gasteiger partial charge in [-0.2, -0.15) is 0 Å². The number of carbonyl (C=O) groups excluding carboxylic acids is 1. The maximum absolute atomic E-state index is 12.1. The molecule has 0 saturated heterocycles. The minimum atomic E-state index is -0.479. The Bertz CT molecular complexity index is 403. The van der Waals surface area contributed by atoms with Crippen molar-refractivity contribution in [2.45, 2.75) is 51.7 Å². The van der Waals surface area contributed by atoms with Crippen LogP contribution in [0.4, 0.5) is 4.79 Å². The number of hydrogen-bond acceptors (Lipinski definition) is 5. The lowest BCUT2D eigenvalue weighted by atomic mass is 10.1. The Kier molecular flexibility index (Phi) is 5.08. The second kappa shape index (κ2) is 6.64. The van der Waals surface area contributed by atoms with Gasteiger partial charge in [0.05, 0.1) is 19.2 Å². The molecule has 0 bridgehead atoms. The van der Waals surface area contributed by atoms with Crippen LogP contribution >= 0.6 is 0 Å². The van der Waals surface area contributed by atoms with E-state index < -0.39 is 5.60 Å². The van der Waals surface area contributed by atoms with Gasteiger partial charge in [0.1, 0.15) is 11.4 Å². The zero-order chi connectivity index (χ0) is 15.5. The number of aliphatic hydroxyl groups is 1. The third-order valence-electron chi connectivity index (χ3n) is 3.85. The number of nitrogens with zero attached hydrogens (tertiary/aromatic N) is 2. The molecule has 21 heavy (non-hydrogen) atoms. The van der Waals surface area contributed by atoms with Crippen LogP contribution < -0.4 is 5.32 Å². The van der Waals surface area contributed by atoms with Gasteiger partial charge in [0.25, 0.3) is 0 Å². The van der Waals surface area contributed by atoms with Gasteiger partial charge in [-0.15, -0.1) is 0 Å². The number of aliphatic imine (C=N–C) groups is 1. The van der Waals surface area contributed by atoms with E-state index in [1.165, 1.54) is 0 Å². The summed E-state index contributed by atoms with van der Waals surface area (Å²) in [5.41, 5.74) is -0.479. The molecule has 2 atom stereocenters. The van der Waals surface area contributed by atoms with Crippen LogP contribution in [0, 0.1) is 5.92 Å². The molecule has 2 rings (SSSR count). The second-order valence-electron chi connectivity index (χ2n) is 6.87. The lowest BCUT2D eigenvalue weighted by Gasteiger charge is -2.30. The Hall–Kier alpha value is -1.30. The molecule has 0 aromatic carbocycles. The predicted octanol–water partition coefficient (Wildman–Crippen LogP) is 1.39.